The molecule has 1 heterocycles. The molecule has 0 aromatic heterocycles. The maximum atomic E-state index is 13.0. The summed E-state index contributed by atoms with van der Waals surface area (Å²) in [5, 5.41) is 0. The number of rotatable bonds is 19. The summed E-state index contributed by atoms with van der Waals surface area (Å²) in [6.45, 7) is 3.80. The predicted octanol–water partition coefficient (Wildman–Crippen LogP) is 7.72. The van der Waals surface area contributed by atoms with Crippen molar-refractivity contribution in [2.45, 2.75) is 128 Å². The summed E-state index contributed by atoms with van der Waals surface area (Å²) in [4.78, 5) is 14.9. The molecule has 6 heteroatoms. The Kier molecular flexibility index (Phi) is 16.7. The highest BCUT2D eigenvalue weighted by Crippen LogP contribution is 2.54. The smallest absolute Gasteiger partial charge is 0.342 e. The van der Waals surface area contributed by atoms with Crippen molar-refractivity contribution in [3.8, 4) is 0 Å². The quantitative estimate of drug-likeness (QED) is 0.146. The third kappa shape index (κ3) is 11.9. The largest absolute Gasteiger partial charge is 0.342 e. The van der Waals surface area contributed by atoms with Crippen molar-refractivity contribution < 1.29 is 18.4 Å². The summed E-state index contributed by atoms with van der Waals surface area (Å²) >= 11 is 0. The summed E-state index contributed by atoms with van der Waals surface area (Å²) in [7, 11) is -0.602. The highest BCUT2D eigenvalue weighted by atomic mass is 31.2. The molecule has 1 aliphatic rings. The maximum absolute atomic E-state index is 13.0. The van der Waals surface area contributed by atoms with Gasteiger partial charge in [-0.15, -0.1) is 0 Å². The summed E-state index contributed by atoms with van der Waals surface area (Å²) in [6, 6.07) is 0. The van der Waals surface area contributed by atoms with E-state index in [0.717, 1.165) is 38.8 Å². The van der Waals surface area contributed by atoms with Crippen LogP contribution in [-0.2, 0) is 18.4 Å². The average Bonchev–Trinajstić information content (AvgIpc) is 2.81. The van der Waals surface area contributed by atoms with Crippen molar-refractivity contribution in [3.05, 3.63) is 0 Å². The highest BCUT2D eigenvalue weighted by molar-refractivity contribution is 7.55. The molecule has 184 valence electrons. The molecule has 1 rings (SSSR count). The van der Waals surface area contributed by atoms with E-state index in [1.54, 1.807) is 0 Å². The van der Waals surface area contributed by atoms with E-state index in [9.17, 15) is 9.36 Å². The molecule has 1 atom stereocenters. The van der Waals surface area contributed by atoms with Crippen LogP contribution in [0, 0.1) is 0 Å². The van der Waals surface area contributed by atoms with Gasteiger partial charge in [0, 0.05) is 27.3 Å². The van der Waals surface area contributed by atoms with E-state index in [4.69, 9.17) is 9.05 Å². The summed E-state index contributed by atoms with van der Waals surface area (Å²) < 4.78 is 23.4. The third-order valence-corrected chi connectivity index (χ3v) is 8.94. The predicted molar refractivity (Wildman–Crippen MR) is 131 cm³/mol. The second-order valence-electron chi connectivity index (χ2n) is 9.19. The number of hydrogen-bond acceptors (Lipinski definition) is 4. The van der Waals surface area contributed by atoms with Crippen LogP contribution in [0.15, 0.2) is 0 Å². The van der Waals surface area contributed by atoms with Crippen LogP contribution in [0.3, 0.4) is 0 Å². The van der Waals surface area contributed by atoms with Crippen molar-refractivity contribution >= 4 is 13.5 Å². The zero-order valence-electron chi connectivity index (χ0n) is 20.7. The number of nitrogens with zero attached hydrogens (tertiary/aromatic N) is 1. The van der Waals surface area contributed by atoms with Crippen LogP contribution < -0.4 is 0 Å². The Bertz CT molecular complexity index is 486. The number of likely N-dealkylation sites (tertiary alicyclic amines) is 1. The Morgan fingerprint density at radius 3 is 1.58 bits per heavy atom. The minimum Gasteiger partial charge on any atom is -0.342 e. The van der Waals surface area contributed by atoms with Crippen molar-refractivity contribution in [1.82, 2.24) is 4.90 Å². The molecular formula is C25H50NO4P. The second kappa shape index (κ2) is 18.1. The molecule has 0 aromatic carbocycles. The van der Waals surface area contributed by atoms with Gasteiger partial charge in [-0.1, -0.05) is 96.8 Å². The average molecular weight is 460 g/mol. The van der Waals surface area contributed by atoms with Crippen LogP contribution >= 0.6 is 7.60 Å². The van der Waals surface area contributed by atoms with E-state index in [2.05, 4.69) is 6.92 Å². The lowest BCUT2D eigenvalue weighted by Gasteiger charge is -2.32. The molecule has 0 aromatic rings. The molecule has 1 unspecified atom stereocenters. The molecule has 0 aliphatic carbocycles. The Hall–Kier alpha value is -0.380. The van der Waals surface area contributed by atoms with Gasteiger partial charge in [-0.05, 0) is 25.7 Å². The fraction of sp³-hybridized carbons (Fsp3) is 0.960. The second-order valence-corrected chi connectivity index (χ2v) is 11.6. The first kappa shape index (κ1) is 28.7. The van der Waals surface area contributed by atoms with E-state index in [-0.39, 0.29) is 5.91 Å². The standard InChI is InChI=1S/C25H50NO4P/c1-4-5-6-7-8-9-10-11-12-13-14-15-16-18-21-24(31(28,29-2)30-3)25(27)26-22-19-17-20-23-26/h24H,4-23H2,1-3H3. The van der Waals surface area contributed by atoms with Crippen molar-refractivity contribution in [3.63, 3.8) is 0 Å². The molecule has 1 amide bonds. The van der Waals surface area contributed by atoms with Gasteiger partial charge < -0.3 is 13.9 Å². The van der Waals surface area contributed by atoms with Crippen LogP contribution in [-0.4, -0.2) is 43.8 Å². The van der Waals surface area contributed by atoms with Crippen LogP contribution in [0.25, 0.3) is 0 Å². The number of carbonyl (C=O) groups is 1. The van der Waals surface area contributed by atoms with Gasteiger partial charge in [0.25, 0.3) is 0 Å². The molecule has 5 nitrogen and oxygen atoms in total. The Labute approximate surface area is 192 Å². The molecule has 1 fully saturated rings. The van der Waals surface area contributed by atoms with Crippen LogP contribution in [0.1, 0.15) is 122 Å². The highest BCUT2D eigenvalue weighted by Gasteiger charge is 2.41. The number of hydrogen-bond donors (Lipinski definition) is 0. The summed E-state index contributed by atoms with van der Waals surface area (Å²) in [6.07, 6.45) is 22.0. The van der Waals surface area contributed by atoms with Gasteiger partial charge in [-0.2, -0.15) is 0 Å². The minimum atomic E-state index is -3.39. The monoisotopic (exact) mass is 459 g/mol. The zero-order valence-corrected chi connectivity index (χ0v) is 21.6. The normalized spacial score (nSPS) is 15.9. The van der Waals surface area contributed by atoms with Crippen LogP contribution in [0.4, 0.5) is 0 Å². The lowest BCUT2D eigenvalue weighted by Crippen LogP contribution is -2.42. The summed E-state index contributed by atoms with van der Waals surface area (Å²) in [5.41, 5.74) is -0.655. The SMILES string of the molecule is CCCCCCCCCCCCCCCCC(C(=O)N1CCCCC1)P(=O)(OC)OC. The van der Waals surface area contributed by atoms with Gasteiger partial charge >= 0.3 is 7.60 Å². The number of piperidine rings is 1. The fourth-order valence-corrected chi connectivity index (χ4v) is 6.19. The van der Waals surface area contributed by atoms with E-state index in [1.165, 1.54) is 97.7 Å². The van der Waals surface area contributed by atoms with E-state index >= 15 is 0 Å². The van der Waals surface area contributed by atoms with Crippen molar-refractivity contribution in [1.29, 1.82) is 0 Å². The van der Waals surface area contributed by atoms with Crippen LogP contribution in [0.5, 0.6) is 0 Å². The first-order valence-corrected chi connectivity index (χ1v) is 14.7. The maximum Gasteiger partial charge on any atom is 0.342 e. The Morgan fingerprint density at radius 2 is 1.16 bits per heavy atom. The first-order chi connectivity index (χ1) is 15.1. The molecule has 1 aliphatic heterocycles. The van der Waals surface area contributed by atoms with E-state index < -0.39 is 13.3 Å². The topological polar surface area (TPSA) is 55.8 Å². The lowest BCUT2D eigenvalue weighted by atomic mass is 10.0. The van der Waals surface area contributed by atoms with Gasteiger partial charge in [0.1, 0.15) is 5.66 Å². The van der Waals surface area contributed by atoms with Gasteiger partial charge in [-0.3, -0.25) is 9.36 Å². The van der Waals surface area contributed by atoms with Gasteiger partial charge in [0.15, 0.2) is 0 Å². The van der Waals surface area contributed by atoms with Gasteiger partial charge in [0.05, 0.1) is 0 Å². The molecule has 0 bridgehead atoms. The van der Waals surface area contributed by atoms with Gasteiger partial charge in [0.2, 0.25) is 5.91 Å². The Morgan fingerprint density at radius 1 is 0.742 bits per heavy atom. The Balaban J connectivity index is 2.18. The van der Waals surface area contributed by atoms with Crippen LogP contribution in [0.2, 0.25) is 0 Å². The molecule has 1 saturated heterocycles. The molecule has 31 heavy (non-hydrogen) atoms. The summed E-state index contributed by atoms with van der Waals surface area (Å²) in [5.74, 6) is -0.0403. The lowest BCUT2D eigenvalue weighted by molar-refractivity contribution is -0.132. The van der Waals surface area contributed by atoms with Crippen molar-refractivity contribution in [2.75, 3.05) is 27.3 Å². The molecular weight excluding hydrogens is 409 g/mol. The number of amides is 1. The molecule has 0 spiro atoms. The number of carbonyl (C=O) groups excluding carboxylic acids is 1. The van der Waals surface area contributed by atoms with E-state index in [1.807, 2.05) is 4.90 Å². The third-order valence-electron chi connectivity index (χ3n) is 6.67. The number of unbranched alkanes of at least 4 members (excludes halogenated alkanes) is 13. The van der Waals surface area contributed by atoms with Gasteiger partial charge in [-0.25, -0.2) is 0 Å². The van der Waals surface area contributed by atoms with E-state index in [0.29, 0.717) is 6.42 Å². The fourth-order valence-electron chi connectivity index (χ4n) is 4.60. The zero-order chi connectivity index (χ0) is 22.8. The molecule has 0 N–H and O–H groups in total. The molecule has 0 radical (unpaired) electrons. The first-order valence-electron chi connectivity index (χ1n) is 13.1. The van der Waals surface area contributed by atoms with Crippen molar-refractivity contribution in [2.24, 2.45) is 0 Å². The minimum absolute atomic E-state index is 0.0403. The molecule has 0 saturated carbocycles.